The highest BCUT2D eigenvalue weighted by Gasteiger charge is 2.13. The third-order valence-corrected chi connectivity index (χ3v) is 3.65. The Bertz CT molecular complexity index is 798. The van der Waals surface area contributed by atoms with Crippen LogP contribution in [0.5, 0.6) is 11.5 Å². The lowest BCUT2D eigenvalue weighted by atomic mass is 10.2. The van der Waals surface area contributed by atoms with Crippen LogP contribution in [0.3, 0.4) is 0 Å². The molecule has 0 aliphatic rings. The van der Waals surface area contributed by atoms with Gasteiger partial charge in [-0.3, -0.25) is 4.57 Å². The first-order valence-electron chi connectivity index (χ1n) is 5.84. The molecule has 0 bridgehead atoms. The molecule has 2 aromatic carbocycles. The van der Waals surface area contributed by atoms with Gasteiger partial charge in [-0.15, -0.1) is 0 Å². The summed E-state index contributed by atoms with van der Waals surface area (Å²) >= 11 is 3.45. The van der Waals surface area contributed by atoms with Gasteiger partial charge in [0.25, 0.3) is 0 Å². The molecule has 0 aliphatic carbocycles. The van der Waals surface area contributed by atoms with E-state index in [1.165, 1.54) is 0 Å². The van der Waals surface area contributed by atoms with E-state index in [1.807, 2.05) is 22.8 Å². The van der Waals surface area contributed by atoms with Gasteiger partial charge in [0.1, 0.15) is 12.1 Å². The number of ether oxygens (including phenoxy) is 1. The van der Waals surface area contributed by atoms with Crippen molar-refractivity contribution in [2.24, 2.45) is 0 Å². The van der Waals surface area contributed by atoms with Crippen molar-refractivity contribution in [3.63, 3.8) is 0 Å². The minimum atomic E-state index is 0.256. The van der Waals surface area contributed by atoms with E-state index in [4.69, 9.17) is 4.74 Å². The maximum absolute atomic E-state index is 10.5. The van der Waals surface area contributed by atoms with Crippen LogP contribution in [0.1, 0.15) is 0 Å². The maximum Gasteiger partial charge on any atom is 0.440 e. The zero-order chi connectivity index (χ0) is 14.1. The SMILES string of the molecule is COc1ccc(-n2cnc3ccc([O+]=O)cc32)cc1Br. The molecule has 0 fully saturated rings. The number of benzene rings is 2. The Morgan fingerprint density at radius 1 is 1.25 bits per heavy atom. The van der Waals surface area contributed by atoms with E-state index in [9.17, 15) is 4.96 Å². The molecule has 0 saturated heterocycles. The summed E-state index contributed by atoms with van der Waals surface area (Å²) in [5, 5.41) is 0. The Balaban J connectivity index is 2.18. The van der Waals surface area contributed by atoms with Crippen molar-refractivity contribution in [3.05, 3.63) is 56.8 Å². The normalized spacial score (nSPS) is 10.7. The fourth-order valence-electron chi connectivity index (χ4n) is 2.05. The molecule has 0 N–H and O–H groups in total. The van der Waals surface area contributed by atoms with Gasteiger partial charge < -0.3 is 4.74 Å². The molecule has 3 rings (SSSR count). The van der Waals surface area contributed by atoms with E-state index in [2.05, 4.69) is 25.5 Å². The number of imidazole rings is 1. The molecule has 0 spiro atoms. The second-order valence-corrected chi connectivity index (χ2v) is 5.02. The zero-order valence-electron chi connectivity index (χ0n) is 10.5. The number of hydrogen-bond acceptors (Lipinski definition) is 3. The summed E-state index contributed by atoms with van der Waals surface area (Å²) in [5.41, 5.74) is 2.50. The van der Waals surface area contributed by atoms with Crippen LogP contribution in [0, 0.1) is 9.56 Å². The molecule has 0 amide bonds. The van der Waals surface area contributed by atoms with Crippen LogP contribution in [-0.4, -0.2) is 16.7 Å². The van der Waals surface area contributed by atoms with Gasteiger partial charge in [-0.2, -0.15) is 0 Å². The lowest BCUT2D eigenvalue weighted by molar-refractivity contribution is 0.412. The second kappa shape index (κ2) is 5.05. The predicted octanol–water partition coefficient (Wildman–Crippen LogP) is 4.13. The first-order valence-corrected chi connectivity index (χ1v) is 6.63. The summed E-state index contributed by atoms with van der Waals surface area (Å²) < 4.78 is 12.0. The van der Waals surface area contributed by atoms with E-state index < -0.39 is 0 Å². The van der Waals surface area contributed by atoms with Crippen LogP contribution >= 0.6 is 15.9 Å². The van der Waals surface area contributed by atoms with Crippen molar-refractivity contribution in [1.29, 1.82) is 0 Å². The van der Waals surface area contributed by atoms with Crippen LogP contribution in [0.25, 0.3) is 16.7 Å². The predicted molar refractivity (Wildman–Crippen MR) is 81.5 cm³/mol. The average molecular weight is 334 g/mol. The Labute approximate surface area is 122 Å². The Morgan fingerprint density at radius 2 is 2.10 bits per heavy atom. The van der Waals surface area contributed by atoms with Gasteiger partial charge in [-0.25, -0.2) is 4.98 Å². The van der Waals surface area contributed by atoms with Crippen LogP contribution in [0.15, 0.2) is 47.2 Å². The van der Waals surface area contributed by atoms with Crippen molar-refractivity contribution >= 4 is 27.0 Å². The Hall–Kier alpha value is -2.21. The molecule has 5 nitrogen and oxygen atoms in total. The molecule has 0 atom stereocenters. The van der Waals surface area contributed by atoms with Crippen molar-refractivity contribution in [1.82, 2.24) is 9.55 Å². The summed E-state index contributed by atoms with van der Waals surface area (Å²) in [6, 6.07) is 10.7. The lowest BCUT2D eigenvalue weighted by Crippen LogP contribution is -1.93. The van der Waals surface area contributed by atoms with Gasteiger partial charge in [0, 0.05) is 5.69 Å². The van der Waals surface area contributed by atoms with Crippen molar-refractivity contribution in [2.75, 3.05) is 7.11 Å². The fourth-order valence-corrected chi connectivity index (χ4v) is 2.58. The van der Waals surface area contributed by atoms with Crippen molar-refractivity contribution in [2.45, 2.75) is 0 Å². The second-order valence-electron chi connectivity index (χ2n) is 4.17. The first kappa shape index (κ1) is 12.8. The van der Waals surface area contributed by atoms with Gasteiger partial charge in [-0.05, 0) is 40.2 Å². The Morgan fingerprint density at radius 3 is 2.80 bits per heavy atom. The molecule has 100 valence electrons. The molecular formula is C14H10BrN2O3+. The van der Waals surface area contributed by atoms with E-state index in [0.29, 0.717) is 0 Å². The van der Waals surface area contributed by atoms with Gasteiger partial charge in [0.15, 0.2) is 0 Å². The van der Waals surface area contributed by atoms with Crippen molar-refractivity contribution in [3.8, 4) is 17.2 Å². The Kier molecular flexibility index (Phi) is 3.23. The quantitative estimate of drug-likeness (QED) is 0.677. The number of aromatic nitrogens is 2. The number of nitrogens with zero attached hydrogens (tertiary/aromatic N) is 2. The van der Waals surface area contributed by atoms with Crippen LogP contribution in [0.2, 0.25) is 0 Å². The van der Waals surface area contributed by atoms with Gasteiger partial charge in [0.05, 0.1) is 39.3 Å². The highest BCUT2D eigenvalue weighted by molar-refractivity contribution is 9.10. The standard InChI is InChI=1S/C14H10BrN2O3/c1-19-14-5-2-9(6-11(14)15)17-8-16-12-4-3-10(20-18)7-13(12)17/h2-8H,1H3/q+1. The topological polar surface area (TPSA) is 55.4 Å². The number of halogens is 1. The highest BCUT2D eigenvalue weighted by atomic mass is 79.9. The number of methoxy groups -OCH3 is 1. The monoisotopic (exact) mass is 333 g/mol. The van der Waals surface area contributed by atoms with E-state index in [-0.39, 0.29) is 5.75 Å². The molecule has 0 radical (unpaired) electrons. The molecule has 3 aromatic rings. The minimum Gasteiger partial charge on any atom is -0.496 e. The van der Waals surface area contributed by atoms with Crippen molar-refractivity contribution < 1.29 is 4.74 Å². The maximum atomic E-state index is 10.5. The summed E-state index contributed by atoms with van der Waals surface area (Å²) in [5.74, 6) is 1.01. The molecule has 1 heterocycles. The number of hydrogen-bond donors (Lipinski definition) is 0. The molecule has 0 aliphatic heterocycles. The number of fused-ring (bicyclic) bond motifs is 1. The summed E-state index contributed by atoms with van der Waals surface area (Å²) in [7, 11) is 1.62. The third-order valence-electron chi connectivity index (χ3n) is 3.03. The first-order chi connectivity index (χ1) is 9.72. The van der Waals surface area contributed by atoms with Gasteiger partial charge in [0.2, 0.25) is 4.96 Å². The van der Waals surface area contributed by atoms with Gasteiger partial charge >= 0.3 is 5.75 Å². The highest BCUT2D eigenvalue weighted by Crippen LogP contribution is 2.29. The summed E-state index contributed by atoms with van der Waals surface area (Å²) in [6.45, 7) is 0. The molecule has 20 heavy (non-hydrogen) atoms. The smallest absolute Gasteiger partial charge is 0.440 e. The van der Waals surface area contributed by atoms with Crippen LogP contribution < -0.4 is 4.74 Å². The van der Waals surface area contributed by atoms with Crippen LogP contribution in [0.4, 0.5) is 0 Å². The zero-order valence-corrected chi connectivity index (χ0v) is 12.1. The summed E-state index contributed by atoms with van der Waals surface area (Å²) in [6.07, 6.45) is 1.70. The van der Waals surface area contributed by atoms with Gasteiger partial charge in [-0.1, -0.05) is 0 Å². The molecule has 6 heteroatoms. The molecular weight excluding hydrogens is 324 g/mol. The lowest BCUT2D eigenvalue weighted by Gasteiger charge is -2.07. The minimum absolute atomic E-state index is 0.256. The third kappa shape index (κ3) is 2.08. The van der Waals surface area contributed by atoms with E-state index in [0.717, 1.165) is 26.9 Å². The molecule has 0 unspecified atom stereocenters. The largest absolute Gasteiger partial charge is 0.496 e. The summed E-state index contributed by atoms with van der Waals surface area (Å²) in [4.78, 5) is 14.8. The molecule has 1 aromatic heterocycles. The molecule has 0 saturated carbocycles. The van der Waals surface area contributed by atoms with E-state index in [1.54, 1.807) is 31.6 Å². The van der Waals surface area contributed by atoms with E-state index >= 15 is 0 Å². The average Bonchev–Trinajstić information content (AvgIpc) is 2.89. The fraction of sp³-hybridized carbons (Fsp3) is 0.0714. The number of rotatable bonds is 3. The van der Waals surface area contributed by atoms with Crippen LogP contribution in [-0.2, 0) is 0 Å².